The highest BCUT2D eigenvalue weighted by molar-refractivity contribution is 6.30. The van der Waals surface area contributed by atoms with Gasteiger partial charge in [-0.1, -0.05) is 53.6 Å². The van der Waals surface area contributed by atoms with Crippen LogP contribution in [0.1, 0.15) is 11.1 Å². The third-order valence-electron chi connectivity index (χ3n) is 5.65. The van der Waals surface area contributed by atoms with E-state index in [4.69, 9.17) is 21.1 Å². The number of rotatable bonds is 3. The van der Waals surface area contributed by atoms with Gasteiger partial charge in [-0.05, 0) is 30.7 Å². The van der Waals surface area contributed by atoms with Crippen molar-refractivity contribution in [2.75, 3.05) is 6.79 Å². The molecule has 5 nitrogen and oxygen atoms in total. The zero-order valence-electron chi connectivity index (χ0n) is 16.8. The van der Waals surface area contributed by atoms with Crippen molar-refractivity contribution in [3.63, 3.8) is 0 Å². The van der Waals surface area contributed by atoms with Crippen molar-refractivity contribution in [3.05, 3.63) is 83.0 Å². The lowest BCUT2D eigenvalue weighted by atomic mass is 10.0. The van der Waals surface area contributed by atoms with E-state index in [-0.39, 0.29) is 6.79 Å². The van der Waals surface area contributed by atoms with Crippen LogP contribution < -0.4 is 9.47 Å². The van der Waals surface area contributed by atoms with Crippen molar-refractivity contribution in [3.8, 4) is 34.0 Å². The second kappa shape index (κ2) is 7.00. The van der Waals surface area contributed by atoms with Gasteiger partial charge in [-0.3, -0.25) is 0 Å². The molecule has 0 saturated carbocycles. The quantitative estimate of drug-likeness (QED) is 0.357. The second-order valence-electron chi connectivity index (χ2n) is 7.79. The molecule has 3 aromatic rings. The molecule has 6 heteroatoms. The van der Waals surface area contributed by atoms with Crippen LogP contribution in [0.2, 0.25) is 5.02 Å². The Morgan fingerprint density at radius 1 is 0.935 bits per heavy atom. The molecular weight excluding hydrogens is 410 g/mol. The van der Waals surface area contributed by atoms with Crippen LogP contribution in [-0.2, 0) is 6.54 Å². The van der Waals surface area contributed by atoms with E-state index in [2.05, 4.69) is 52.2 Å². The van der Waals surface area contributed by atoms with Gasteiger partial charge in [-0.25, -0.2) is 0 Å². The minimum atomic E-state index is 0.232. The molecule has 3 aromatic carbocycles. The first kappa shape index (κ1) is 18.2. The molecule has 0 N–H and O–H groups in total. The average molecular weight is 428 g/mol. The Kier molecular flexibility index (Phi) is 4.11. The van der Waals surface area contributed by atoms with Crippen molar-refractivity contribution in [1.82, 2.24) is 14.8 Å². The summed E-state index contributed by atoms with van der Waals surface area (Å²) in [7, 11) is 0. The van der Waals surface area contributed by atoms with Crippen molar-refractivity contribution in [1.29, 1.82) is 0 Å². The summed E-state index contributed by atoms with van der Waals surface area (Å²) >= 11 is 6.09. The number of halogens is 1. The van der Waals surface area contributed by atoms with Gasteiger partial charge in [0.05, 0.1) is 5.52 Å². The molecule has 0 atom stereocenters. The smallest absolute Gasteiger partial charge is 0.231 e. The predicted octanol–water partition coefficient (Wildman–Crippen LogP) is 5.94. The Hall–Kier alpha value is -3.57. The summed E-state index contributed by atoms with van der Waals surface area (Å²) in [5.74, 6) is 1.49. The van der Waals surface area contributed by atoms with Crippen LogP contribution in [-0.4, -0.2) is 21.6 Å². The maximum atomic E-state index is 6.09. The summed E-state index contributed by atoms with van der Waals surface area (Å²) in [6.45, 7) is 3.06. The van der Waals surface area contributed by atoms with Gasteiger partial charge in [-0.2, -0.15) is 0 Å². The van der Waals surface area contributed by atoms with Gasteiger partial charge in [0, 0.05) is 40.3 Å². The van der Waals surface area contributed by atoms with E-state index >= 15 is 0 Å². The van der Waals surface area contributed by atoms with E-state index in [0.29, 0.717) is 5.02 Å². The van der Waals surface area contributed by atoms with Crippen molar-refractivity contribution in [2.24, 2.45) is 0 Å². The number of aromatic nitrogens is 3. The largest absolute Gasteiger partial charge is 0.454 e. The zero-order chi connectivity index (χ0) is 20.9. The van der Waals surface area contributed by atoms with Crippen molar-refractivity contribution < 1.29 is 9.47 Å². The molecule has 31 heavy (non-hydrogen) atoms. The van der Waals surface area contributed by atoms with E-state index in [1.54, 1.807) is 0 Å². The highest BCUT2D eigenvalue weighted by atomic mass is 35.5. The Morgan fingerprint density at radius 3 is 2.52 bits per heavy atom. The Balaban J connectivity index is 1.60. The van der Waals surface area contributed by atoms with Crippen LogP contribution in [0, 0.1) is 6.92 Å². The van der Waals surface area contributed by atoms with E-state index in [1.165, 1.54) is 11.1 Å². The minimum Gasteiger partial charge on any atom is -0.454 e. The number of hydrogen-bond acceptors (Lipinski definition) is 4. The fourth-order valence-electron chi connectivity index (χ4n) is 4.18. The molecule has 0 bridgehead atoms. The van der Waals surface area contributed by atoms with Crippen LogP contribution in [0.15, 0.2) is 66.9 Å². The van der Waals surface area contributed by atoms with Crippen LogP contribution in [0.4, 0.5) is 0 Å². The van der Waals surface area contributed by atoms with E-state index in [1.807, 2.05) is 36.4 Å². The molecule has 0 spiro atoms. The van der Waals surface area contributed by atoms with Gasteiger partial charge in [-0.15, -0.1) is 10.2 Å². The van der Waals surface area contributed by atoms with Gasteiger partial charge in [0.1, 0.15) is 11.4 Å². The van der Waals surface area contributed by atoms with Gasteiger partial charge >= 0.3 is 0 Å². The van der Waals surface area contributed by atoms with Crippen molar-refractivity contribution >= 4 is 22.5 Å². The van der Waals surface area contributed by atoms with Crippen LogP contribution >= 0.6 is 11.6 Å². The molecule has 0 fully saturated rings. The van der Waals surface area contributed by atoms with Crippen molar-refractivity contribution in [2.45, 2.75) is 13.5 Å². The lowest BCUT2D eigenvalue weighted by Gasteiger charge is -2.16. The Bertz CT molecular complexity index is 1410. The lowest BCUT2D eigenvalue weighted by Crippen LogP contribution is -2.04. The fraction of sp³-hybridized carbons (Fsp3) is 0.120. The number of ether oxygens (including phenoxy) is 2. The molecule has 6 rings (SSSR count). The van der Waals surface area contributed by atoms with Crippen LogP contribution in [0.5, 0.6) is 11.5 Å². The van der Waals surface area contributed by atoms with Gasteiger partial charge < -0.3 is 14.0 Å². The SMILES string of the molecule is Cc1cccc(Cn2cc3c(-c4ccc(Cl)cc4)nnc-3c3cc4c(cc32)OCO4)c1. The van der Waals surface area contributed by atoms with Gasteiger partial charge in [0.15, 0.2) is 11.5 Å². The maximum Gasteiger partial charge on any atom is 0.231 e. The molecular formula is C25H18ClN3O2. The van der Waals surface area contributed by atoms with Gasteiger partial charge in [0.2, 0.25) is 6.79 Å². The molecule has 0 amide bonds. The first-order valence-electron chi connectivity index (χ1n) is 10.1. The number of nitrogens with zero attached hydrogens (tertiary/aromatic N) is 3. The number of hydrogen-bond donors (Lipinski definition) is 0. The highest BCUT2D eigenvalue weighted by Gasteiger charge is 2.24. The highest BCUT2D eigenvalue weighted by Crippen LogP contribution is 2.42. The number of fused-ring (bicyclic) bond motifs is 4. The molecule has 0 aliphatic carbocycles. The standard InChI is InChI=1S/C25H18ClN3O2/c1-15-3-2-4-16(9-15)12-29-13-20-24(17-5-7-18(26)8-6-17)27-28-25(20)19-10-22-23(11-21(19)29)31-14-30-22/h2-11,13H,12,14H2,1H3. The topological polar surface area (TPSA) is 49.2 Å². The van der Waals surface area contributed by atoms with E-state index < -0.39 is 0 Å². The number of pyridine rings is 1. The Morgan fingerprint density at radius 2 is 1.71 bits per heavy atom. The minimum absolute atomic E-state index is 0.232. The summed E-state index contributed by atoms with van der Waals surface area (Å²) in [6.07, 6.45) is 2.13. The fourth-order valence-corrected chi connectivity index (χ4v) is 4.31. The average Bonchev–Trinajstić information content (AvgIpc) is 3.40. The van der Waals surface area contributed by atoms with Gasteiger partial charge in [0.25, 0.3) is 0 Å². The molecule has 3 aliphatic heterocycles. The van der Waals surface area contributed by atoms with Crippen LogP contribution in [0.25, 0.3) is 33.4 Å². The van der Waals surface area contributed by atoms with Crippen LogP contribution in [0.3, 0.4) is 0 Å². The normalized spacial score (nSPS) is 12.7. The van der Waals surface area contributed by atoms with E-state index in [9.17, 15) is 0 Å². The second-order valence-corrected chi connectivity index (χ2v) is 8.22. The summed E-state index contributed by atoms with van der Waals surface area (Å²) in [5.41, 5.74) is 7.14. The first-order valence-corrected chi connectivity index (χ1v) is 10.4. The summed E-state index contributed by atoms with van der Waals surface area (Å²) in [5, 5.41) is 10.7. The zero-order valence-corrected chi connectivity index (χ0v) is 17.6. The lowest BCUT2D eigenvalue weighted by molar-refractivity contribution is 0.174. The molecule has 152 valence electrons. The third kappa shape index (κ3) is 3.09. The van der Waals surface area contributed by atoms with E-state index in [0.717, 1.165) is 51.5 Å². The molecule has 0 radical (unpaired) electrons. The molecule has 0 unspecified atom stereocenters. The number of aryl methyl sites for hydroxylation is 1. The number of benzene rings is 3. The summed E-state index contributed by atoms with van der Waals surface area (Å²) in [4.78, 5) is 0. The third-order valence-corrected chi connectivity index (χ3v) is 5.91. The molecule has 3 heterocycles. The molecule has 0 saturated heterocycles. The molecule has 3 aliphatic rings. The molecule has 0 aromatic heterocycles. The predicted molar refractivity (Wildman–Crippen MR) is 121 cm³/mol. The first-order chi connectivity index (χ1) is 15.2. The maximum absolute atomic E-state index is 6.09. The Labute approximate surface area is 184 Å². The summed E-state index contributed by atoms with van der Waals surface area (Å²) < 4.78 is 13.5. The summed E-state index contributed by atoms with van der Waals surface area (Å²) in [6, 6.07) is 20.3. The monoisotopic (exact) mass is 427 g/mol.